The number of anilines is 1. The summed E-state index contributed by atoms with van der Waals surface area (Å²) in [4.78, 5) is 24.3. The van der Waals surface area contributed by atoms with Gasteiger partial charge in [0.15, 0.2) is 0 Å². The Kier molecular flexibility index (Phi) is 7.55. The predicted octanol–water partition coefficient (Wildman–Crippen LogP) is 3.18. The fraction of sp³-hybridized carbons (Fsp3) is 0.333. The second kappa shape index (κ2) is 10.2. The van der Waals surface area contributed by atoms with E-state index in [1.807, 2.05) is 31.2 Å². The Hall–Kier alpha value is -3.17. The maximum absolute atomic E-state index is 12.5. The number of carbonyl (C=O) groups is 2. The van der Waals surface area contributed by atoms with Crippen LogP contribution < -0.4 is 15.4 Å². The van der Waals surface area contributed by atoms with E-state index < -0.39 is 10.0 Å². The molecule has 3 rings (SSSR count). The van der Waals surface area contributed by atoms with Gasteiger partial charge < -0.3 is 15.4 Å². The molecule has 1 aliphatic rings. The molecule has 1 atom stereocenters. The number of sulfonamides is 1. The highest BCUT2D eigenvalue weighted by Crippen LogP contribution is 2.30. The van der Waals surface area contributed by atoms with E-state index in [0.717, 1.165) is 28.4 Å². The van der Waals surface area contributed by atoms with Crippen LogP contribution in [-0.2, 0) is 19.6 Å². The van der Waals surface area contributed by atoms with E-state index >= 15 is 0 Å². The summed E-state index contributed by atoms with van der Waals surface area (Å²) in [5, 5.41) is 5.76. The highest BCUT2D eigenvalue weighted by Gasteiger charge is 2.29. The maximum Gasteiger partial charge on any atom is 0.246 e. The first kappa shape index (κ1) is 24.5. The van der Waals surface area contributed by atoms with Gasteiger partial charge in [0, 0.05) is 31.8 Å². The fourth-order valence-electron chi connectivity index (χ4n) is 3.16. The van der Waals surface area contributed by atoms with Gasteiger partial charge in [0.1, 0.15) is 10.6 Å². The molecule has 33 heavy (non-hydrogen) atoms. The van der Waals surface area contributed by atoms with Crippen LogP contribution in [0.3, 0.4) is 0 Å². The van der Waals surface area contributed by atoms with Crippen LogP contribution in [0.2, 0.25) is 0 Å². The molecule has 8 nitrogen and oxygen atoms in total. The zero-order chi connectivity index (χ0) is 24.2. The molecule has 1 aliphatic carbocycles. The molecule has 0 heterocycles. The van der Waals surface area contributed by atoms with Gasteiger partial charge >= 0.3 is 0 Å². The molecule has 0 saturated heterocycles. The Labute approximate surface area is 194 Å². The van der Waals surface area contributed by atoms with Gasteiger partial charge in [-0.25, -0.2) is 12.7 Å². The molecule has 0 aromatic heterocycles. The summed E-state index contributed by atoms with van der Waals surface area (Å²) < 4.78 is 31.4. The molecular formula is C24H29N3O5S. The van der Waals surface area contributed by atoms with Crippen molar-refractivity contribution in [3.8, 4) is 5.75 Å². The van der Waals surface area contributed by atoms with E-state index in [9.17, 15) is 18.0 Å². The van der Waals surface area contributed by atoms with E-state index in [0.29, 0.717) is 5.56 Å². The molecule has 1 unspecified atom stereocenters. The molecule has 1 fully saturated rings. The summed E-state index contributed by atoms with van der Waals surface area (Å²) in [6.07, 6.45) is 4.80. The lowest BCUT2D eigenvalue weighted by molar-refractivity contribution is -0.118. The number of ether oxygens (including phenoxy) is 1. The molecule has 0 spiro atoms. The first-order valence-electron chi connectivity index (χ1n) is 10.6. The minimum Gasteiger partial charge on any atom is -0.495 e. The monoisotopic (exact) mass is 471 g/mol. The number of nitrogens with zero attached hydrogens (tertiary/aromatic N) is 1. The summed E-state index contributed by atoms with van der Waals surface area (Å²) >= 11 is 0. The summed E-state index contributed by atoms with van der Waals surface area (Å²) in [6, 6.07) is 11.8. The zero-order valence-electron chi connectivity index (χ0n) is 19.2. The average molecular weight is 472 g/mol. The number of hydrogen-bond donors (Lipinski definition) is 2. The highest BCUT2D eigenvalue weighted by atomic mass is 32.2. The molecular weight excluding hydrogens is 442 g/mol. The Bertz CT molecular complexity index is 1150. The average Bonchev–Trinajstić information content (AvgIpc) is 3.63. The summed E-state index contributed by atoms with van der Waals surface area (Å²) in [6.45, 7) is 1.86. The van der Waals surface area contributed by atoms with Gasteiger partial charge in [0.2, 0.25) is 21.8 Å². The van der Waals surface area contributed by atoms with Gasteiger partial charge in [-0.3, -0.25) is 9.59 Å². The van der Waals surface area contributed by atoms with Crippen molar-refractivity contribution in [1.29, 1.82) is 0 Å². The van der Waals surface area contributed by atoms with Crippen molar-refractivity contribution < 1.29 is 22.7 Å². The van der Waals surface area contributed by atoms with Crippen molar-refractivity contribution >= 4 is 33.6 Å². The van der Waals surface area contributed by atoms with E-state index in [1.165, 1.54) is 33.3 Å². The van der Waals surface area contributed by atoms with Gasteiger partial charge in [-0.05, 0) is 61.2 Å². The topological polar surface area (TPSA) is 105 Å². The van der Waals surface area contributed by atoms with Crippen molar-refractivity contribution in [1.82, 2.24) is 9.62 Å². The van der Waals surface area contributed by atoms with Crippen molar-refractivity contribution in [3.05, 3.63) is 59.7 Å². The highest BCUT2D eigenvalue weighted by molar-refractivity contribution is 7.89. The van der Waals surface area contributed by atoms with Crippen molar-refractivity contribution in [2.24, 2.45) is 5.92 Å². The van der Waals surface area contributed by atoms with E-state index in [-0.39, 0.29) is 34.4 Å². The van der Waals surface area contributed by atoms with Gasteiger partial charge in [0.25, 0.3) is 0 Å². The smallest absolute Gasteiger partial charge is 0.246 e. The lowest BCUT2D eigenvalue weighted by Crippen LogP contribution is -2.24. The predicted molar refractivity (Wildman–Crippen MR) is 127 cm³/mol. The Morgan fingerprint density at radius 2 is 1.79 bits per heavy atom. The molecule has 176 valence electrons. The molecule has 2 aromatic rings. The van der Waals surface area contributed by atoms with Crippen LogP contribution in [0.1, 0.15) is 36.9 Å². The molecule has 2 aromatic carbocycles. The molecule has 0 bridgehead atoms. The van der Waals surface area contributed by atoms with Crippen molar-refractivity contribution in [2.75, 3.05) is 26.5 Å². The van der Waals surface area contributed by atoms with Gasteiger partial charge in [-0.1, -0.05) is 18.2 Å². The summed E-state index contributed by atoms with van der Waals surface area (Å²) in [5.74, 6) is 0.103. The summed E-state index contributed by atoms with van der Waals surface area (Å²) in [5.41, 5.74) is 2.18. The summed E-state index contributed by atoms with van der Waals surface area (Å²) in [7, 11) is 0.592. The van der Waals surface area contributed by atoms with Crippen LogP contribution in [0.25, 0.3) is 6.08 Å². The van der Waals surface area contributed by atoms with Crippen LogP contribution in [0.4, 0.5) is 5.69 Å². The fourth-order valence-corrected chi connectivity index (χ4v) is 4.24. The second-order valence-electron chi connectivity index (χ2n) is 8.15. The molecule has 1 saturated carbocycles. The minimum absolute atomic E-state index is 0.0276. The Morgan fingerprint density at radius 3 is 2.36 bits per heavy atom. The number of nitrogens with one attached hydrogen (secondary N) is 2. The standard InChI is InChI=1S/C24H29N3O5S/c1-16(18-9-11-20(12-10-18)26-24(29)19-7-8-19)25-23(28)14-6-17-5-13-21(32-4)22(15-17)33(30,31)27(2)3/h5-6,9-16,19H,7-8H2,1-4H3,(H,25,28)(H,26,29)/b14-6+. The van der Waals surface area contributed by atoms with E-state index in [2.05, 4.69) is 10.6 Å². The molecule has 2 N–H and O–H groups in total. The van der Waals surface area contributed by atoms with E-state index in [4.69, 9.17) is 4.74 Å². The quantitative estimate of drug-likeness (QED) is 0.547. The van der Waals surface area contributed by atoms with E-state index in [1.54, 1.807) is 18.2 Å². The van der Waals surface area contributed by atoms with Crippen LogP contribution in [0.5, 0.6) is 5.75 Å². The number of benzene rings is 2. The number of hydrogen-bond acceptors (Lipinski definition) is 5. The lowest BCUT2D eigenvalue weighted by Gasteiger charge is -2.15. The number of rotatable bonds is 9. The largest absolute Gasteiger partial charge is 0.495 e. The first-order chi connectivity index (χ1) is 15.6. The first-order valence-corrected chi connectivity index (χ1v) is 12.1. The Balaban J connectivity index is 1.64. The van der Waals surface area contributed by atoms with Crippen molar-refractivity contribution in [3.63, 3.8) is 0 Å². The zero-order valence-corrected chi connectivity index (χ0v) is 20.0. The number of carbonyl (C=O) groups excluding carboxylic acids is 2. The number of amides is 2. The second-order valence-corrected chi connectivity index (χ2v) is 10.3. The van der Waals surface area contributed by atoms with Gasteiger partial charge in [0.05, 0.1) is 13.2 Å². The van der Waals surface area contributed by atoms with Crippen LogP contribution in [-0.4, -0.2) is 45.7 Å². The minimum atomic E-state index is -3.70. The van der Waals surface area contributed by atoms with Crippen LogP contribution in [0, 0.1) is 5.92 Å². The number of methoxy groups -OCH3 is 1. The normalized spacial score (nSPS) is 14.8. The van der Waals surface area contributed by atoms with Gasteiger partial charge in [-0.15, -0.1) is 0 Å². The Morgan fingerprint density at radius 1 is 1.12 bits per heavy atom. The molecule has 0 aliphatic heterocycles. The van der Waals surface area contributed by atoms with Gasteiger partial charge in [-0.2, -0.15) is 0 Å². The van der Waals surface area contributed by atoms with Crippen LogP contribution in [0.15, 0.2) is 53.4 Å². The van der Waals surface area contributed by atoms with Crippen molar-refractivity contribution in [2.45, 2.75) is 30.7 Å². The SMILES string of the molecule is COc1ccc(/C=C/C(=O)NC(C)c2ccc(NC(=O)C3CC3)cc2)cc1S(=O)(=O)N(C)C. The maximum atomic E-state index is 12.5. The molecule has 9 heteroatoms. The lowest BCUT2D eigenvalue weighted by atomic mass is 10.1. The van der Waals surface area contributed by atoms with Crippen LogP contribution >= 0.6 is 0 Å². The molecule has 0 radical (unpaired) electrons. The third kappa shape index (κ3) is 6.21. The molecule has 2 amide bonds. The third-order valence-electron chi connectivity index (χ3n) is 5.36. The third-order valence-corrected chi connectivity index (χ3v) is 7.19.